The summed E-state index contributed by atoms with van der Waals surface area (Å²) in [5.41, 5.74) is 2.78. The van der Waals surface area contributed by atoms with Gasteiger partial charge in [0, 0.05) is 12.2 Å². The average molecular weight is 364 g/mol. The molecule has 0 unspecified atom stereocenters. The molecule has 0 aliphatic carbocycles. The molecule has 0 N–H and O–H groups in total. The van der Waals surface area contributed by atoms with Gasteiger partial charge < -0.3 is 13.9 Å². The largest absolute Gasteiger partial charge is 0.452 e. The lowest BCUT2D eigenvalue weighted by molar-refractivity contribution is -0.144. The molecule has 138 valence electrons. The number of fused-ring (bicyclic) bond motifs is 1. The molecule has 1 aliphatic rings. The number of hydrogen-bond donors (Lipinski definition) is 0. The summed E-state index contributed by atoms with van der Waals surface area (Å²) in [6, 6.07) is 12.8. The molecule has 0 amide bonds. The van der Waals surface area contributed by atoms with Crippen LogP contribution in [0, 0.1) is 13.8 Å². The zero-order valence-electron chi connectivity index (χ0n) is 15.3. The Morgan fingerprint density at radius 2 is 1.85 bits per heavy atom. The first kappa shape index (κ1) is 17.5. The Morgan fingerprint density at radius 3 is 2.56 bits per heavy atom. The van der Waals surface area contributed by atoms with Crippen molar-refractivity contribution in [3.8, 4) is 17.1 Å². The maximum absolute atomic E-state index is 13.2. The fraction of sp³-hybridized carbons (Fsp3) is 0.273. The van der Waals surface area contributed by atoms with Gasteiger partial charge in [0.05, 0.1) is 5.39 Å². The lowest BCUT2D eigenvalue weighted by Crippen LogP contribution is -2.27. The fourth-order valence-corrected chi connectivity index (χ4v) is 3.24. The first-order chi connectivity index (χ1) is 13.0. The molecule has 3 aromatic rings. The minimum Gasteiger partial charge on any atom is -0.452 e. The molecule has 5 heteroatoms. The third-order valence-electron chi connectivity index (χ3n) is 4.90. The minimum atomic E-state index is -0.636. The van der Waals surface area contributed by atoms with Crippen LogP contribution in [0.1, 0.15) is 24.0 Å². The van der Waals surface area contributed by atoms with Crippen LogP contribution in [-0.2, 0) is 9.53 Å². The van der Waals surface area contributed by atoms with Gasteiger partial charge >= 0.3 is 5.97 Å². The van der Waals surface area contributed by atoms with Crippen LogP contribution in [0.15, 0.2) is 51.7 Å². The van der Waals surface area contributed by atoms with Crippen LogP contribution >= 0.6 is 0 Å². The summed E-state index contributed by atoms with van der Waals surface area (Å²) >= 11 is 0. The Bertz CT molecular complexity index is 1060. The quantitative estimate of drug-likeness (QED) is 0.653. The molecule has 1 aliphatic heterocycles. The summed E-state index contributed by atoms with van der Waals surface area (Å²) in [6.07, 6.45) is 0.760. The van der Waals surface area contributed by atoms with Crippen molar-refractivity contribution in [2.75, 3.05) is 6.61 Å². The predicted octanol–water partition coefficient (Wildman–Crippen LogP) is 4.16. The van der Waals surface area contributed by atoms with E-state index in [1.165, 1.54) is 0 Å². The van der Waals surface area contributed by atoms with Gasteiger partial charge in [0.25, 0.3) is 0 Å². The highest BCUT2D eigenvalue weighted by Crippen LogP contribution is 2.32. The van der Waals surface area contributed by atoms with Crippen LogP contribution in [-0.4, -0.2) is 18.7 Å². The smallest absolute Gasteiger partial charge is 0.340 e. The van der Waals surface area contributed by atoms with Crippen molar-refractivity contribution in [2.45, 2.75) is 32.8 Å². The average Bonchev–Trinajstić information content (AvgIpc) is 3.21. The summed E-state index contributed by atoms with van der Waals surface area (Å²) in [4.78, 5) is 25.6. The lowest BCUT2D eigenvalue weighted by atomic mass is 10.0. The molecule has 5 nitrogen and oxygen atoms in total. The third kappa shape index (κ3) is 3.26. The van der Waals surface area contributed by atoms with E-state index in [0.29, 0.717) is 29.6 Å². The van der Waals surface area contributed by atoms with Crippen molar-refractivity contribution in [3.05, 3.63) is 63.8 Å². The van der Waals surface area contributed by atoms with Gasteiger partial charge in [-0.1, -0.05) is 30.3 Å². The van der Waals surface area contributed by atoms with Gasteiger partial charge in [0.1, 0.15) is 5.58 Å². The Morgan fingerprint density at radius 1 is 1.11 bits per heavy atom. The molecule has 0 radical (unpaired) electrons. The van der Waals surface area contributed by atoms with Gasteiger partial charge in [-0.05, 0) is 49.9 Å². The van der Waals surface area contributed by atoms with E-state index in [4.69, 9.17) is 13.9 Å². The molecule has 4 rings (SSSR count). The summed E-state index contributed by atoms with van der Waals surface area (Å²) in [5, 5.41) is 0.396. The third-order valence-corrected chi connectivity index (χ3v) is 4.90. The molecule has 1 atom stereocenters. The molecule has 1 aromatic heterocycles. The van der Waals surface area contributed by atoms with Crippen LogP contribution in [0.25, 0.3) is 22.3 Å². The van der Waals surface area contributed by atoms with Crippen LogP contribution in [0.2, 0.25) is 0 Å². The van der Waals surface area contributed by atoms with Crippen LogP contribution in [0.5, 0.6) is 5.75 Å². The molecule has 0 bridgehead atoms. The van der Waals surface area contributed by atoms with Gasteiger partial charge in [-0.2, -0.15) is 0 Å². The van der Waals surface area contributed by atoms with Crippen molar-refractivity contribution in [1.82, 2.24) is 0 Å². The first-order valence-electron chi connectivity index (χ1n) is 9.01. The van der Waals surface area contributed by atoms with E-state index in [9.17, 15) is 9.59 Å². The van der Waals surface area contributed by atoms with Gasteiger partial charge in [0.15, 0.2) is 11.9 Å². The molecule has 0 spiro atoms. The number of esters is 1. The number of aryl methyl sites for hydroxylation is 2. The maximum Gasteiger partial charge on any atom is 0.340 e. The Labute approximate surface area is 156 Å². The minimum absolute atomic E-state index is 0.0857. The Kier molecular flexibility index (Phi) is 4.54. The first-order valence-corrected chi connectivity index (χ1v) is 9.01. The molecule has 2 aromatic carbocycles. The number of hydrogen-bond acceptors (Lipinski definition) is 5. The molecule has 1 saturated heterocycles. The topological polar surface area (TPSA) is 65.7 Å². The van der Waals surface area contributed by atoms with Crippen molar-refractivity contribution in [3.63, 3.8) is 0 Å². The second-order valence-corrected chi connectivity index (χ2v) is 6.81. The zero-order valence-corrected chi connectivity index (χ0v) is 15.3. The van der Waals surface area contributed by atoms with E-state index in [1.807, 2.05) is 50.2 Å². The molecule has 2 heterocycles. The zero-order chi connectivity index (χ0) is 19.0. The molecule has 1 fully saturated rings. The number of carbonyl (C=O) groups is 1. The van der Waals surface area contributed by atoms with Crippen LogP contribution < -0.4 is 10.2 Å². The van der Waals surface area contributed by atoms with Crippen molar-refractivity contribution in [1.29, 1.82) is 0 Å². The van der Waals surface area contributed by atoms with E-state index in [1.54, 1.807) is 6.07 Å². The highest BCUT2D eigenvalue weighted by Gasteiger charge is 2.28. The monoisotopic (exact) mass is 364 g/mol. The summed E-state index contributed by atoms with van der Waals surface area (Å²) in [6.45, 7) is 4.41. The number of ether oxygens (including phenoxy) is 2. The molecular formula is C22H20O5. The van der Waals surface area contributed by atoms with Crippen molar-refractivity contribution < 1.29 is 18.7 Å². The SMILES string of the molecule is Cc1cc2oc(-c3ccccc3)c(OC(=O)[C@@H]3CCCO3)c(=O)c2cc1C. The summed E-state index contributed by atoms with van der Waals surface area (Å²) < 4.78 is 17.0. The highest BCUT2D eigenvalue weighted by atomic mass is 16.6. The Balaban J connectivity index is 1.90. The highest BCUT2D eigenvalue weighted by molar-refractivity contribution is 5.86. The summed E-state index contributed by atoms with van der Waals surface area (Å²) in [5.74, 6) is -0.389. The van der Waals surface area contributed by atoms with Gasteiger partial charge in [-0.15, -0.1) is 0 Å². The second kappa shape index (κ2) is 7.00. The summed E-state index contributed by atoms with van der Waals surface area (Å²) in [7, 11) is 0. The number of benzene rings is 2. The van der Waals surface area contributed by atoms with Gasteiger partial charge in [-0.3, -0.25) is 4.79 Å². The van der Waals surface area contributed by atoms with Crippen LogP contribution in [0.3, 0.4) is 0 Å². The second-order valence-electron chi connectivity index (χ2n) is 6.81. The van der Waals surface area contributed by atoms with E-state index < -0.39 is 12.1 Å². The van der Waals surface area contributed by atoms with Crippen molar-refractivity contribution in [2.24, 2.45) is 0 Å². The normalized spacial score (nSPS) is 16.6. The van der Waals surface area contributed by atoms with E-state index in [-0.39, 0.29) is 16.9 Å². The lowest BCUT2D eigenvalue weighted by Gasteiger charge is -2.13. The standard InChI is InChI=1S/C22H20O5/c1-13-11-16-18(12-14(13)2)26-20(15-7-4-3-5-8-15)21(19(16)23)27-22(24)17-9-6-10-25-17/h3-5,7-8,11-12,17H,6,9-10H2,1-2H3/t17-/m0/s1. The number of rotatable bonds is 3. The molecule has 0 saturated carbocycles. The molecule has 27 heavy (non-hydrogen) atoms. The molecular weight excluding hydrogens is 344 g/mol. The van der Waals surface area contributed by atoms with Gasteiger partial charge in [0.2, 0.25) is 11.2 Å². The van der Waals surface area contributed by atoms with Crippen molar-refractivity contribution >= 4 is 16.9 Å². The number of carbonyl (C=O) groups excluding carboxylic acids is 1. The van der Waals surface area contributed by atoms with Gasteiger partial charge in [-0.25, -0.2) is 4.79 Å². The Hall–Kier alpha value is -2.92. The fourth-order valence-electron chi connectivity index (χ4n) is 3.24. The maximum atomic E-state index is 13.2. The van der Waals surface area contributed by atoms with E-state index >= 15 is 0 Å². The van der Waals surface area contributed by atoms with E-state index in [2.05, 4.69) is 0 Å². The van der Waals surface area contributed by atoms with Crippen LogP contribution in [0.4, 0.5) is 0 Å². The predicted molar refractivity (Wildman–Crippen MR) is 102 cm³/mol. The van der Waals surface area contributed by atoms with E-state index in [0.717, 1.165) is 17.5 Å².